The van der Waals surface area contributed by atoms with Crippen LogP contribution >= 0.6 is 15.9 Å². The van der Waals surface area contributed by atoms with Crippen LogP contribution < -0.4 is 14.8 Å². The predicted octanol–water partition coefficient (Wildman–Crippen LogP) is 4.17. The number of rotatable bonds is 13. The molecule has 43 heavy (non-hydrogen) atoms. The monoisotopic (exact) mass is 651 g/mol. The van der Waals surface area contributed by atoms with Crippen molar-refractivity contribution in [3.05, 3.63) is 94.0 Å². The van der Waals surface area contributed by atoms with E-state index in [1.54, 1.807) is 7.11 Å². The van der Waals surface area contributed by atoms with Crippen molar-refractivity contribution in [3.8, 4) is 11.5 Å². The number of hydrogen-bond acceptors (Lipinski definition) is 8. The minimum absolute atomic E-state index is 0.0728. The summed E-state index contributed by atoms with van der Waals surface area (Å²) in [5.74, 6) is 1.54. The van der Waals surface area contributed by atoms with E-state index >= 15 is 0 Å². The molecule has 1 saturated heterocycles. The van der Waals surface area contributed by atoms with Gasteiger partial charge in [0.2, 0.25) is 5.90 Å². The van der Waals surface area contributed by atoms with Gasteiger partial charge in [0.15, 0.2) is 11.6 Å². The van der Waals surface area contributed by atoms with Gasteiger partial charge in [0, 0.05) is 55.7 Å². The Bertz CT molecular complexity index is 1380. The van der Waals surface area contributed by atoms with E-state index in [9.17, 15) is 4.79 Å². The first-order chi connectivity index (χ1) is 21.0. The van der Waals surface area contributed by atoms with Crippen LogP contribution in [0.2, 0.25) is 0 Å². The van der Waals surface area contributed by atoms with Gasteiger partial charge in [0.1, 0.15) is 11.5 Å². The average molecular weight is 653 g/mol. The number of aliphatic hydroxyl groups is 1. The Kier molecular flexibility index (Phi) is 10.7. The number of carbonyl (C=O) groups is 1. The van der Waals surface area contributed by atoms with E-state index in [0.29, 0.717) is 56.6 Å². The van der Waals surface area contributed by atoms with Crippen molar-refractivity contribution in [3.63, 3.8) is 0 Å². The van der Waals surface area contributed by atoms with Crippen molar-refractivity contribution in [2.24, 2.45) is 4.99 Å². The molecule has 0 unspecified atom stereocenters. The van der Waals surface area contributed by atoms with Crippen LogP contribution in [0.15, 0.2) is 82.3 Å². The molecule has 10 heteroatoms. The third-order valence-electron chi connectivity index (χ3n) is 7.63. The van der Waals surface area contributed by atoms with E-state index < -0.39 is 11.6 Å². The van der Waals surface area contributed by atoms with Gasteiger partial charge < -0.3 is 29.4 Å². The van der Waals surface area contributed by atoms with Crippen molar-refractivity contribution in [1.29, 1.82) is 0 Å². The van der Waals surface area contributed by atoms with Crippen LogP contribution in [0.3, 0.4) is 0 Å². The number of benzene rings is 3. The molecule has 0 radical (unpaired) electrons. The minimum atomic E-state index is -1.28. The normalized spacial score (nSPS) is 20.3. The van der Waals surface area contributed by atoms with Gasteiger partial charge in [-0.05, 0) is 59.7 Å². The topological polar surface area (TPSA) is 102 Å². The molecule has 0 aliphatic carbocycles. The Hall–Kier alpha value is -3.44. The third-order valence-corrected chi connectivity index (χ3v) is 8.16. The van der Waals surface area contributed by atoms with Crippen molar-refractivity contribution in [1.82, 2.24) is 10.2 Å². The van der Waals surface area contributed by atoms with Gasteiger partial charge in [-0.25, -0.2) is 4.99 Å². The van der Waals surface area contributed by atoms with Gasteiger partial charge in [-0.3, -0.25) is 9.69 Å². The molecular formula is C33H38BrN3O6. The minimum Gasteiger partial charge on any atom is -0.497 e. The molecule has 5 rings (SSSR count). The molecule has 0 aromatic heterocycles. The van der Waals surface area contributed by atoms with Gasteiger partial charge in [-0.1, -0.05) is 40.2 Å². The molecule has 1 fully saturated rings. The van der Waals surface area contributed by atoms with Crippen LogP contribution in [0.5, 0.6) is 11.5 Å². The highest BCUT2D eigenvalue weighted by molar-refractivity contribution is 9.10. The number of morpholine rings is 1. The van der Waals surface area contributed by atoms with Crippen LogP contribution in [-0.4, -0.2) is 87.1 Å². The first-order valence-corrected chi connectivity index (χ1v) is 15.4. The van der Waals surface area contributed by atoms with Gasteiger partial charge in [-0.15, -0.1) is 0 Å². The van der Waals surface area contributed by atoms with Crippen LogP contribution in [-0.2, 0) is 20.7 Å². The molecule has 2 heterocycles. The molecule has 2 N–H and O–H groups in total. The number of aliphatic hydroxyl groups excluding tert-OH is 1. The van der Waals surface area contributed by atoms with Gasteiger partial charge >= 0.3 is 0 Å². The summed E-state index contributed by atoms with van der Waals surface area (Å²) >= 11 is 3.52. The van der Waals surface area contributed by atoms with Gasteiger partial charge in [-0.2, -0.15) is 0 Å². The highest BCUT2D eigenvalue weighted by atomic mass is 79.9. The number of ether oxygens (including phenoxy) is 4. The maximum absolute atomic E-state index is 14.4. The fourth-order valence-electron chi connectivity index (χ4n) is 5.31. The van der Waals surface area contributed by atoms with E-state index in [0.717, 1.165) is 40.8 Å². The number of aliphatic imine (C=N–C) groups is 1. The highest BCUT2D eigenvalue weighted by Crippen LogP contribution is 2.43. The number of methoxy groups -OCH3 is 1. The number of hydrogen-bond donors (Lipinski definition) is 2. The zero-order chi connectivity index (χ0) is 30.1. The van der Waals surface area contributed by atoms with Crippen molar-refractivity contribution in [2.45, 2.75) is 24.5 Å². The first kappa shape index (κ1) is 31.0. The fourth-order valence-corrected chi connectivity index (χ4v) is 5.57. The quantitative estimate of drug-likeness (QED) is 0.268. The lowest BCUT2D eigenvalue weighted by molar-refractivity contribution is -0.129. The lowest BCUT2D eigenvalue weighted by Gasteiger charge is -2.32. The van der Waals surface area contributed by atoms with Gasteiger partial charge in [0.25, 0.3) is 5.91 Å². The Labute approximate surface area is 260 Å². The summed E-state index contributed by atoms with van der Waals surface area (Å²) in [5, 5.41) is 12.2. The van der Waals surface area contributed by atoms with E-state index in [4.69, 9.17) is 29.0 Å². The second kappa shape index (κ2) is 14.8. The molecule has 3 aromatic carbocycles. The van der Waals surface area contributed by atoms with Gasteiger partial charge in [0.05, 0.1) is 26.9 Å². The Morgan fingerprint density at radius 3 is 2.58 bits per heavy atom. The summed E-state index contributed by atoms with van der Waals surface area (Å²) in [6, 6.07) is 23.0. The molecular weight excluding hydrogens is 614 g/mol. The number of nitrogens with zero attached hydrogens (tertiary/aromatic N) is 2. The summed E-state index contributed by atoms with van der Waals surface area (Å²) in [6.07, 6.45) is 0.182. The summed E-state index contributed by atoms with van der Waals surface area (Å²) in [6.45, 7) is 4.79. The molecule has 0 saturated carbocycles. The Balaban J connectivity index is 1.50. The zero-order valence-corrected chi connectivity index (χ0v) is 25.9. The summed E-state index contributed by atoms with van der Waals surface area (Å²) in [4.78, 5) is 21.8. The summed E-state index contributed by atoms with van der Waals surface area (Å²) in [7, 11) is 1.62. The second-order valence-corrected chi connectivity index (χ2v) is 11.5. The van der Waals surface area contributed by atoms with Crippen molar-refractivity contribution >= 4 is 27.7 Å². The number of halogens is 1. The standard InChI is InChI=1S/C33H38BrN3O6/c1-40-29-5-2-4-26(22-29)30-33(23-24-6-10-27(34)11-7-24,32(39)35-14-15-37-16-20-41-21-17-37)36-31(43-30)25-8-12-28(13-9-25)42-19-3-18-38/h2,4-13,22,30,38H,3,14-21,23H2,1H3,(H,35,39)/t30-,33-/m1/s1. The molecule has 228 valence electrons. The van der Waals surface area contributed by atoms with E-state index in [1.165, 1.54) is 0 Å². The third kappa shape index (κ3) is 7.75. The van der Waals surface area contributed by atoms with Crippen molar-refractivity contribution in [2.75, 3.05) is 59.7 Å². The molecule has 2 aliphatic rings. The predicted molar refractivity (Wildman–Crippen MR) is 168 cm³/mol. The van der Waals surface area contributed by atoms with E-state index in [2.05, 4.69) is 26.1 Å². The maximum Gasteiger partial charge on any atom is 0.252 e. The van der Waals surface area contributed by atoms with Crippen LogP contribution in [0.4, 0.5) is 0 Å². The molecule has 9 nitrogen and oxygen atoms in total. The number of nitrogens with one attached hydrogen (secondary N) is 1. The van der Waals surface area contributed by atoms with Crippen LogP contribution in [0.25, 0.3) is 0 Å². The lowest BCUT2D eigenvalue weighted by Crippen LogP contribution is -2.51. The second-order valence-electron chi connectivity index (χ2n) is 10.6. The Morgan fingerprint density at radius 2 is 1.86 bits per heavy atom. The molecule has 3 aromatic rings. The molecule has 1 amide bonds. The van der Waals surface area contributed by atoms with E-state index in [-0.39, 0.29) is 12.5 Å². The van der Waals surface area contributed by atoms with Crippen LogP contribution in [0, 0.1) is 0 Å². The fraction of sp³-hybridized carbons (Fsp3) is 0.394. The zero-order valence-electron chi connectivity index (χ0n) is 24.3. The number of carbonyl (C=O) groups excluding carboxylic acids is 1. The SMILES string of the molecule is COc1cccc([C@H]2OC(c3ccc(OCCCO)cc3)=N[C@@]2(Cc2ccc(Br)cc2)C(=O)NCCN2CCOCC2)c1. The largest absolute Gasteiger partial charge is 0.497 e. The van der Waals surface area contributed by atoms with Crippen molar-refractivity contribution < 1.29 is 28.8 Å². The highest BCUT2D eigenvalue weighted by Gasteiger charge is 2.53. The maximum atomic E-state index is 14.4. The summed E-state index contributed by atoms with van der Waals surface area (Å²) < 4.78 is 24.3. The molecule has 2 atom stereocenters. The average Bonchev–Trinajstić information content (AvgIpc) is 3.43. The summed E-state index contributed by atoms with van der Waals surface area (Å²) in [5.41, 5.74) is 1.21. The Morgan fingerprint density at radius 1 is 1.09 bits per heavy atom. The van der Waals surface area contributed by atoms with Crippen LogP contribution in [0.1, 0.15) is 29.2 Å². The number of amides is 1. The van der Waals surface area contributed by atoms with E-state index in [1.807, 2.05) is 72.8 Å². The lowest BCUT2D eigenvalue weighted by atomic mass is 9.82. The first-order valence-electron chi connectivity index (χ1n) is 14.6. The molecule has 0 bridgehead atoms. The smallest absolute Gasteiger partial charge is 0.252 e. The molecule has 2 aliphatic heterocycles. The molecule has 0 spiro atoms.